The number of carbonyl (C=O) groups is 1. The van der Waals surface area contributed by atoms with Crippen molar-refractivity contribution >= 4 is 5.91 Å². The van der Waals surface area contributed by atoms with E-state index in [2.05, 4.69) is 141 Å². The van der Waals surface area contributed by atoms with Crippen molar-refractivity contribution in [1.29, 1.82) is 0 Å². The van der Waals surface area contributed by atoms with Crippen molar-refractivity contribution in [3.63, 3.8) is 0 Å². The highest BCUT2D eigenvalue weighted by molar-refractivity contribution is 5.76. The molecule has 0 aromatic rings. The Kier molecular flexibility index (Phi) is 46.7. The summed E-state index contributed by atoms with van der Waals surface area (Å²) in [7, 11) is 0. The zero-order valence-corrected chi connectivity index (χ0v) is 50.2. The molecule has 2 saturated heterocycles. The maximum Gasteiger partial charge on any atom is 0.220 e. The van der Waals surface area contributed by atoms with Gasteiger partial charge in [0.25, 0.3) is 0 Å². The van der Waals surface area contributed by atoms with Gasteiger partial charge in [0.15, 0.2) is 12.6 Å². The fourth-order valence-electron chi connectivity index (χ4n) is 9.30. The molecule has 2 aliphatic heterocycles. The first-order valence-electron chi connectivity index (χ1n) is 31.4. The summed E-state index contributed by atoms with van der Waals surface area (Å²) in [6, 6.07) is -0.947. The smallest absolute Gasteiger partial charge is 0.220 e. The van der Waals surface area contributed by atoms with Crippen molar-refractivity contribution in [1.82, 2.24) is 5.32 Å². The average Bonchev–Trinajstić information content (AvgIpc) is 3.56. The molecule has 0 aliphatic carbocycles. The Labute approximate surface area is 494 Å². The van der Waals surface area contributed by atoms with Crippen LogP contribution in [0.15, 0.2) is 134 Å². The molecule has 2 fully saturated rings. The Balaban J connectivity index is 1.68. The summed E-state index contributed by atoms with van der Waals surface area (Å²) >= 11 is 0. The van der Waals surface area contributed by atoms with E-state index in [9.17, 15) is 45.6 Å². The first kappa shape index (κ1) is 74.2. The van der Waals surface area contributed by atoms with Crippen LogP contribution in [0.1, 0.15) is 194 Å². The van der Waals surface area contributed by atoms with E-state index in [1.807, 2.05) is 6.08 Å². The predicted octanol–water partition coefficient (Wildman–Crippen LogP) is 11.6. The van der Waals surface area contributed by atoms with Crippen molar-refractivity contribution in [2.75, 3.05) is 19.8 Å². The Hall–Kier alpha value is -3.87. The number of aliphatic hydroxyl groups excluding tert-OH is 8. The summed E-state index contributed by atoms with van der Waals surface area (Å²) in [5.74, 6) is -0.268. The van der Waals surface area contributed by atoms with E-state index in [1.54, 1.807) is 6.08 Å². The minimum atomic E-state index is -1.80. The fraction of sp³-hybridized carbons (Fsp3) is 0.662. The first-order valence-corrected chi connectivity index (χ1v) is 31.4. The van der Waals surface area contributed by atoms with Gasteiger partial charge in [0.1, 0.15) is 48.8 Å². The van der Waals surface area contributed by atoms with E-state index in [4.69, 9.17) is 18.9 Å². The summed E-state index contributed by atoms with van der Waals surface area (Å²) in [5, 5.41) is 87.0. The zero-order valence-electron chi connectivity index (χ0n) is 50.2. The molecule has 82 heavy (non-hydrogen) atoms. The molecule has 0 bridgehead atoms. The van der Waals surface area contributed by atoms with Crippen molar-refractivity contribution in [3.05, 3.63) is 134 Å². The summed E-state index contributed by atoms with van der Waals surface area (Å²) in [6.45, 7) is 2.62. The van der Waals surface area contributed by atoms with Gasteiger partial charge in [-0.25, -0.2) is 0 Å². The molecule has 0 saturated carbocycles. The van der Waals surface area contributed by atoms with Crippen LogP contribution in [0.3, 0.4) is 0 Å². The van der Waals surface area contributed by atoms with E-state index >= 15 is 0 Å². The molecule has 0 aromatic carbocycles. The van der Waals surface area contributed by atoms with Crippen molar-refractivity contribution in [3.8, 4) is 0 Å². The molecule has 0 radical (unpaired) electrons. The first-order chi connectivity index (χ1) is 40.1. The molecular weight excluding hydrogens is 1040 g/mol. The molecule has 1 amide bonds. The van der Waals surface area contributed by atoms with E-state index in [0.717, 1.165) is 116 Å². The number of ether oxygens (including phenoxy) is 4. The largest absolute Gasteiger partial charge is 0.394 e. The number of carbonyl (C=O) groups excluding carboxylic acids is 1. The van der Waals surface area contributed by atoms with Crippen LogP contribution in [0, 0.1) is 0 Å². The number of hydrogen-bond acceptors (Lipinski definition) is 13. The molecule has 2 heterocycles. The van der Waals surface area contributed by atoms with Gasteiger partial charge < -0.3 is 65.1 Å². The second-order valence-electron chi connectivity index (χ2n) is 21.4. The Morgan fingerprint density at radius 1 is 0.451 bits per heavy atom. The summed E-state index contributed by atoms with van der Waals surface area (Å²) in [4.78, 5) is 13.3. The molecule has 2 rings (SSSR count). The van der Waals surface area contributed by atoms with Gasteiger partial charge in [-0.05, 0) is 103 Å². The molecule has 0 aromatic heterocycles. The van der Waals surface area contributed by atoms with Gasteiger partial charge in [0.2, 0.25) is 5.91 Å². The van der Waals surface area contributed by atoms with E-state index in [0.29, 0.717) is 12.8 Å². The normalized spacial score (nSPS) is 24.9. The van der Waals surface area contributed by atoms with Crippen LogP contribution in [0.2, 0.25) is 0 Å². The predicted molar refractivity (Wildman–Crippen MR) is 331 cm³/mol. The third-order valence-electron chi connectivity index (χ3n) is 14.3. The molecule has 12 unspecified atom stereocenters. The molecule has 12 atom stereocenters. The summed E-state index contributed by atoms with van der Waals surface area (Å²) in [6.07, 6.45) is 59.3. The fourth-order valence-corrected chi connectivity index (χ4v) is 9.30. The number of hydrogen-bond donors (Lipinski definition) is 9. The SMILES string of the molecule is CC/C=C\C/C=C\C/C=C\C/C=C\C/C=C\C/C=C\C/C=C\C/C=C\C/C=C\CCCCCCCCCC(=O)NC(COC1OC(CO)C(OC2OC(CO)C(O)C(O)C2O)C(O)C1O)C(O)/C=C/CC/C=C/CCCCCCCCC. The van der Waals surface area contributed by atoms with Gasteiger partial charge in [-0.1, -0.05) is 218 Å². The number of allylic oxidation sites excluding steroid dienone is 21. The topological polar surface area (TPSA) is 228 Å². The van der Waals surface area contributed by atoms with Gasteiger partial charge in [0, 0.05) is 6.42 Å². The molecule has 14 heteroatoms. The van der Waals surface area contributed by atoms with Crippen molar-refractivity contribution in [2.45, 2.75) is 267 Å². The third kappa shape index (κ3) is 36.1. The number of unbranched alkanes of at least 4 members (excludes halogenated alkanes) is 15. The van der Waals surface area contributed by atoms with Crippen LogP contribution in [-0.4, -0.2) is 140 Å². The Morgan fingerprint density at radius 2 is 0.854 bits per heavy atom. The Bertz CT molecular complexity index is 1880. The van der Waals surface area contributed by atoms with Crippen molar-refractivity contribution in [2.24, 2.45) is 0 Å². The lowest BCUT2D eigenvalue weighted by Crippen LogP contribution is -2.65. The van der Waals surface area contributed by atoms with Crippen molar-refractivity contribution < 1.29 is 64.6 Å². The molecule has 466 valence electrons. The van der Waals surface area contributed by atoms with Gasteiger partial charge >= 0.3 is 0 Å². The summed E-state index contributed by atoms with van der Waals surface area (Å²) in [5.41, 5.74) is 0. The maximum absolute atomic E-state index is 13.3. The van der Waals surface area contributed by atoms with Crippen LogP contribution >= 0.6 is 0 Å². The Morgan fingerprint density at radius 3 is 1.34 bits per heavy atom. The monoisotopic (exact) mass is 1150 g/mol. The van der Waals surface area contributed by atoms with Crippen LogP contribution < -0.4 is 5.32 Å². The molecular formula is C68H111NO13. The van der Waals surface area contributed by atoms with Crippen LogP contribution in [0.5, 0.6) is 0 Å². The molecule has 0 spiro atoms. The second-order valence-corrected chi connectivity index (χ2v) is 21.4. The maximum atomic E-state index is 13.3. The molecule has 14 nitrogen and oxygen atoms in total. The minimum absolute atomic E-state index is 0.251. The molecule has 2 aliphatic rings. The lowest BCUT2D eigenvalue weighted by atomic mass is 9.97. The average molecular weight is 1150 g/mol. The van der Waals surface area contributed by atoms with Gasteiger partial charge in [-0.3, -0.25) is 4.79 Å². The van der Waals surface area contributed by atoms with E-state index in [-0.39, 0.29) is 18.9 Å². The number of rotatable bonds is 48. The minimum Gasteiger partial charge on any atom is -0.394 e. The van der Waals surface area contributed by atoms with Gasteiger partial charge in [-0.2, -0.15) is 0 Å². The zero-order chi connectivity index (χ0) is 59.5. The highest BCUT2D eigenvalue weighted by Crippen LogP contribution is 2.30. The highest BCUT2D eigenvalue weighted by Gasteiger charge is 2.51. The standard InChI is InChI=1S/C68H111NO13/c1-3-5-7-9-11-13-15-17-18-19-20-21-22-23-24-25-26-27-28-29-30-31-32-33-34-35-36-37-38-40-42-44-46-48-50-52-60(73)69-56(57(72)51-49-47-45-43-41-39-16-14-12-10-8-6-4-2)55-79-67-65(78)63(76)66(59(54-71)81-67)82-68-64(77)62(75)61(74)58(53-70)80-68/h5,7,11,13,17-18,20-21,23-24,26-27,29-30,32-33,35-36,41,43,49,51,56-59,61-68,70-72,74-78H,3-4,6,8-10,12,14-16,19,22,25,28,31,34,37-40,42,44-48,50,52-55H2,1-2H3,(H,69,73)/b7-5-,13-11-,18-17-,21-20-,24-23-,27-26-,30-29-,33-32-,36-35-,43-41+,51-49+. The highest BCUT2D eigenvalue weighted by atomic mass is 16.7. The quantitative estimate of drug-likeness (QED) is 0.0204. The number of amides is 1. The number of aliphatic hydroxyl groups is 8. The van der Waals surface area contributed by atoms with Crippen LogP contribution in [0.25, 0.3) is 0 Å². The van der Waals surface area contributed by atoms with E-state index < -0.39 is 86.8 Å². The second kappa shape index (κ2) is 51.5. The van der Waals surface area contributed by atoms with Crippen LogP contribution in [-0.2, 0) is 23.7 Å². The lowest BCUT2D eigenvalue weighted by Gasteiger charge is -2.46. The van der Waals surface area contributed by atoms with E-state index in [1.165, 1.54) is 44.9 Å². The number of nitrogens with one attached hydrogen (secondary N) is 1. The molecule has 9 N–H and O–H groups in total. The van der Waals surface area contributed by atoms with Gasteiger partial charge in [0.05, 0.1) is 32.0 Å². The van der Waals surface area contributed by atoms with Crippen LogP contribution in [0.4, 0.5) is 0 Å². The van der Waals surface area contributed by atoms with Gasteiger partial charge in [-0.15, -0.1) is 0 Å². The lowest BCUT2D eigenvalue weighted by molar-refractivity contribution is -0.359. The summed E-state index contributed by atoms with van der Waals surface area (Å²) < 4.78 is 22.7. The third-order valence-corrected chi connectivity index (χ3v) is 14.3.